The lowest BCUT2D eigenvalue weighted by atomic mass is 10.2. The molecule has 0 atom stereocenters. The van der Waals surface area contributed by atoms with Crippen LogP contribution in [0.5, 0.6) is 5.75 Å². The Bertz CT molecular complexity index is 557. The van der Waals surface area contributed by atoms with E-state index in [0.717, 1.165) is 27.3 Å². The minimum absolute atomic E-state index is 0.720. The molecule has 94 valence electrons. The molecule has 4 heteroatoms. The van der Waals surface area contributed by atoms with Crippen LogP contribution in [0.2, 0.25) is 0 Å². The first kappa shape index (κ1) is 12.8. The summed E-state index contributed by atoms with van der Waals surface area (Å²) in [5.41, 5.74) is 8.69. The highest BCUT2D eigenvalue weighted by atomic mass is 79.9. The molecule has 2 aromatic rings. The summed E-state index contributed by atoms with van der Waals surface area (Å²) in [6.45, 7) is 0. The second-order valence-corrected chi connectivity index (χ2v) is 4.85. The van der Waals surface area contributed by atoms with E-state index in [9.17, 15) is 0 Å². The van der Waals surface area contributed by atoms with Crippen LogP contribution >= 0.6 is 15.9 Å². The van der Waals surface area contributed by atoms with E-state index in [1.807, 2.05) is 54.4 Å². The standard InChI is InChI=1S/C14H15BrN2O/c1-17(12-8-7-10(15)9-11(12)16)13-5-3-4-6-14(13)18-2/h3-9H,16H2,1-2H3. The average molecular weight is 307 g/mol. The molecule has 0 aromatic heterocycles. The fraction of sp³-hybridized carbons (Fsp3) is 0.143. The van der Waals surface area contributed by atoms with E-state index in [4.69, 9.17) is 10.5 Å². The SMILES string of the molecule is COc1ccccc1N(C)c1ccc(Br)cc1N. The summed E-state index contributed by atoms with van der Waals surface area (Å²) in [5.74, 6) is 0.822. The zero-order valence-corrected chi connectivity index (χ0v) is 11.9. The van der Waals surface area contributed by atoms with Crippen LogP contribution < -0.4 is 15.4 Å². The van der Waals surface area contributed by atoms with Gasteiger partial charge >= 0.3 is 0 Å². The molecule has 0 aliphatic carbocycles. The number of hydrogen-bond acceptors (Lipinski definition) is 3. The average Bonchev–Trinajstić information content (AvgIpc) is 2.38. The van der Waals surface area contributed by atoms with Crippen molar-refractivity contribution in [2.75, 3.05) is 24.8 Å². The molecular formula is C14H15BrN2O. The van der Waals surface area contributed by atoms with E-state index in [1.165, 1.54) is 0 Å². The molecule has 0 bridgehead atoms. The zero-order chi connectivity index (χ0) is 13.1. The number of halogens is 1. The van der Waals surface area contributed by atoms with Gasteiger partial charge in [0.25, 0.3) is 0 Å². The largest absolute Gasteiger partial charge is 0.495 e. The molecule has 0 aliphatic rings. The lowest BCUT2D eigenvalue weighted by molar-refractivity contribution is 0.415. The van der Waals surface area contributed by atoms with Gasteiger partial charge in [-0.3, -0.25) is 0 Å². The normalized spacial score (nSPS) is 10.2. The lowest BCUT2D eigenvalue weighted by Crippen LogP contribution is -2.12. The highest BCUT2D eigenvalue weighted by molar-refractivity contribution is 9.10. The fourth-order valence-corrected chi connectivity index (χ4v) is 2.25. The predicted molar refractivity (Wildman–Crippen MR) is 79.6 cm³/mol. The number of para-hydroxylation sites is 2. The minimum atomic E-state index is 0.720. The van der Waals surface area contributed by atoms with Crippen LogP contribution in [0.25, 0.3) is 0 Å². The Hall–Kier alpha value is -1.68. The molecule has 0 aliphatic heterocycles. The molecule has 0 spiro atoms. The van der Waals surface area contributed by atoms with Gasteiger partial charge in [0.15, 0.2) is 0 Å². The van der Waals surface area contributed by atoms with Gasteiger partial charge in [0.05, 0.1) is 24.2 Å². The number of rotatable bonds is 3. The van der Waals surface area contributed by atoms with E-state index < -0.39 is 0 Å². The maximum absolute atomic E-state index is 6.04. The Morgan fingerprint density at radius 1 is 1.11 bits per heavy atom. The van der Waals surface area contributed by atoms with Gasteiger partial charge in [0, 0.05) is 11.5 Å². The predicted octanol–water partition coefficient (Wildman–Crippen LogP) is 3.81. The van der Waals surface area contributed by atoms with Gasteiger partial charge in [-0.1, -0.05) is 28.1 Å². The molecule has 0 unspecified atom stereocenters. The Balaban J connectivity index is 2.44. The van der Waals surface area contributed by atoms with Crippen molar-refractivity contribution in [3.63, 3.8) is 0 Å². The third-order valence-electron chi connectivity index (χ3n) is 2.80. The second-order valence-electron chi connectivity index (χ2n) is 3.93. The van der Waals surface area contributed by atoms with Crippen LogP contribution in [-0.2, 0) is 0 Å². The maximum atomic E-state index is 6.04. The van der Waals surface area contributed by atoms with Crippen LogP contribution in [-0.4, -0.2) is 14.2 Å². The van der Waals surface area contributed by atoms with Crippen LogP contribution in [0.4, 0.5) is 17.1 Å². The molecule has 2 aromatic carbocycles. The number of hydrogen-bond donors (Lipinski definition) is 1. The van der Waals surface area contributed by atoms with Crippen molar-refractivity contribution >= 4 is 33.0 Å². The molecule has 0 fully saturated rings. The molecular weight excluding hydrogens is 292 g/mol. The fourth-order valence-electron chi connectivity index (χ4n) is 1.87. The summed E-state index contributed by atoms with van der Waals surface area (Å²) in [4.78, 5) is 2.01. The summed E-state index contributed by atoms with van der Waals surface area (Å²) in [5, 5.41) is 0. The Kier molecular flexibility index (Phi) is 3.77. The number of benzene rings is 2. The Labute approximate surface area is 115 Å². The monoisotopic (exact) mass is 306 g/mol. The molecule has 0 saturated heterocycles. The molecule has 2 rings (SSSR count). The third-order valence-corrected chi connectivity index (χ3v) is 3.29. The summed E-state index contributed by atoms with van der Waals surface area (Å²) >= 11 is 3.41. The van der Waals surface area contributed by atoms with Crippen molar-refractivity contribution in [3.8, 4) is 5.75 Å². The van der Waals surface area contributed by atoms with E-state index in [2.05, 4.69) is 15.9 Å². The van der Waals surface area contributed by atoms with E-state index in [0.29, 0.717) is 0 Å². The minimum Gasteiger partial charge on any atom is -0.495 e. The second kappa shape index (κ2) is 5.31. The topological polar surface area (TPSA) is 38.5 Å². The number of methoxy groups -OCH3 is 1. The van der Waals surface area contributed by atoms with Crippen molar-refractivity contribution < 1.29 is 4.74 Å². The highest BCUT2D eigenvalue weighted by Gasteiger charge is 2.11. The van der Waals surface area contributed by atoms with Gasteiger partial charge < -0.3 is 15.4 Å². The Morgan fingerprint density at radius 3 is 2.50 bits per heavy atom. The lowest BCUT2D eigenvalue weighted by Gasteiger charge is -2.23. The first-order valence-electron chi connectivity index (χ1n) is 5.55. The first-order chi connectivity index (χ1) is 8.63. The van der Waals surface area contributed by atoms with Crippen molar-refractivity contribution in [2.24, 2.45) is 0 Å². The van der Waals surface area contributed by atoms with Gasteiger partial charge in [-0.15, -0.1) is 0 Å². The smallest absolute Gasteiger partial charge is 0.142 e. The number of nitrogens with zero attached hydrogens (tertiary/aromatic N) is 1. The van der Waals surface area contributed by atoms with Gasteiger partial charge in [-0.25, -0.2) is 0 Å². The summed E-state index contributed by atoms with van der Waals surface area (Å²) in [7, 11) is 3.63. The van der Waals surface area contributed by atoms with Crippen molar-refractivity contribution in [1.82, 2.24) is 0 Å². The number of ether oxygens (including phenoxy) is 1. The van der Waals surface area contributed by atoms with Crippen LogP contribution in [0, 0.1) is 0 Å². The molecule has 18 heavy (non-hydrogen) atoms. The quantitative estimate of drug-likeness (QED) is 0.876. The Morgan fingerprint density at radius 2 is 1.83 bits per heavy atom. The molecule has 0 saturated carbocycles. The van der Waals surface area contributed by atoms with Crippen LogP contribution in [0.1, 0.15) is 0 Å². The van der Waals surface area contributed by atoms with Gasteiger partial charge in [0.2, 0.25) is 0 Å². The van der Waals surface area contributed by atoms with E-state index >= 15 is 0 Å². The summed E-state index contributed by atoms with van der Waals surface area (Å²) < 4.78 is 6.33. The molecule has 2 N–H and O–H groups in total. The van der Waals surface area contributed by atoms with E-state index in [-0.39, 0.29) is 0 Å². The van der Waals surface area contributed by atoms with Crippen LogP contribution in [0.15, 0.2) is 46.9 Å². The van der Waals surface area contributed by atoms with Gasteiger partial charge in [0.1, 0.15) is 5.75 Å². The number of nitrogen functional groups attached to an aromatic ring is 1. The van der Waals surface area contributed by atoms with Crippen molar-refractivity contribution in [2.45, 2.75) is 0 Å². The highest BCUT2D eigenvalue weighted by Crippen LogP contribution is 2.35. The molecule has 0 radical (unpaired) electrons. The summed E-state index contributed by atoms with van der Waals surface area (Å²) in [6.07, 6.45) is 0. The number of nitrogens with two attached hydrogens (primary N) is 1. The van der Waals surface area contributed by atoms with Gasteiger partial charge in [-0.05, 0) is 30.3 Å². The zero-order valence-electron chi connectivity index (χ0n) is 10.4. The first-order valence-corrected chi connectivity index (χ1v) is 6.34. The molecule has 0 heterocycles. The van der Waals surface area contributed by atoms with E-state index in [1.54, 1.807) is 7.11 Å². The van der Waals surface area contributed by atoms with Crippen LogP contribution in [0.3, 0.4) is 0 Å². The van der Waals surface area contributed by atoms with Gasteiger partial charge in [-0.2, -0.15) is 0 Å². The summed E-state index contributed by atoms with van der Waals surface area (Å²) in [6, 6.07) is 13.7. The third kappa shape index (κ3) is 2.43. The number of anilines is 3. The molecule has 0 amide bonds. The maximum Gasteiger partial charge on any atom is 0.142 e. The molecule has 3 nitrogen and oxygen atoms in total. The van der Waals surface area contributed by atoms with Crippen molar-refractivity contribution in [3.05, 3.63) is 46.9 Å². The van der Waals surface area contributed by atoms with Crippen molar-refractivity contribution in [1.29, 1.82) is 0 Å².